The fraction of sp³-hybridized carbons (Fsp3) is 0.417. The van der Waals surface area contributed by atoms with Crippen LogP contribution in [0.25, 0.3) is 0 Å². The molecule has 1 N–H and O–H groups in total. The molecule has 1 aliphatic heterocycles. The Bertz CT molecular complexity index is 475. The first kappa shape index (κ1) is 12.3. The van der Waals surface area contributed by atoms with E-state index in [-0.39, 0.29) is 18.1 Å². The van der Waals surface area contributed by atoms with Crippen LogP contribution in [0.5, 0.6) is 0 Å². The highest BCUT2D eigenvalue weighted by atomic mass is 16.4. The first-order chi connectivity index (χ1) is 8.58. The molecule has 0 atom stereocenters. The molecule has 6 nitrogen and oxygen atoms in total. The van der Waals surface area contributed by atoms with Gasteiger partial charge in [-0.25, -0.2) is 9.78 Å². The number of likely N-dealkylation sites (N-methyl/N-ethyl adjacent to an activating group) is 1. The molecule has 0 radical (unpaired) electrons. The van der Waals surface area contributed by atoms with Gasteiger partial charge in [0, 0.05) is 32.0 Å². The average Bonchev–Trinajstić information content (AvgIpc) is 2.52. The zero-order valence-electron chi connectivity index (χ0n) is 10.2. The molecule has 0 aliphatic carbocycles. The number of anilines is 1. The summed E-state index contributed by atoms with van der Waals surface area (Å²) in [5, 5.41) is 8.90. The van der Waals surface area contributed by atoms with Crippen LogP contribution < -0.4 is 4.90 Å². The number of carboxylic acid groups (broad SMARTS) is 1. The molecule has 1 saturated heterocycles. The van der Waals surface area contributed by atoms with Gasteiger partial charge in [-0.15, -0.1) is 0 Å². The van der Waals surface area contributed by atoms with Gasteiger partial charge in [0.05, 0.1) is 6.54 Å². The predicted octanol–water partition coefficient (Wildman–Crippen LogP) is 0.448. The smallest absolute Gasteiger partial charge is 0.354 e. The fourth-order valence-corrected chi connectivity index (χ4v) is 1.94. The molecule has 0 saturated carbocycles. The van der Waals surface area contributed by atoms with Crippen LogP contribution in [0.15, 0.2) is 18.3 Å². The summed E-state index contributed by atoms with van der Waals surface area (Å²) < 4.78 is 0. The molecular formula is C12H15N3O3. The molecule has 0 bridgehead atoms. The maximum Gasteiger partial charge on any atom is 0.354 e. The Kier molecular flexibility index (Phi) is 3.45. The number of amides is 1. The molecule has 96 valence electrons. The zero-order valence-corrected chi connectivity index (χ0v) is 10.2. The van der Waals surface area contributed by atoms with E-state index in [0.717, 1.165) is 25.2 Å². The Hall–Kier alpha value is -2.11. The van der Waals surface area contributed by atoms with Crippen molar-refractivity contribution < 1.29 is 14.7 Å². The highest BCUT2D eigenvalue weighted by molar-refractivity contribution is 5.87. The molecule has 1 amide bonds. The lowest BCUT2D eigenvalue weighted by Crippen LogP contribution is -2.34. The Morgan fingerprint density at radius 3 is 2.94 bits per heavy atom. The Balaban J connectivity index is 2.22. The van der Waals surface area contributed by atoms with Crippen LogP contribution >= 0.6 is 0 Å². The number of aromatic nitrogens is 1. The number of rotatable bonds is 2. The summed E-state index contributed by atoms with van der Waals surface area (Å²) in [6.07, 6.45) is 2.32. The number of aromatic carboxylic acids is 1. The van der Waals surface area contributed by atoms with Crippen molar-refractivity contribution in [3.8, 4) is 0 Å². The van der Waals surface area contributed by atoms with E-state index in [1.54, 1.807) is 18.0 Å². The number of hydrogen-bond acceptors (Lipinski definition) is 4. The third-order valence-electron chi connectivity index (χ3n) is 3.00. The second-order valence-electron chi connectivity index (χ2n) is 4.29. The second-order valence-corrected chi connectivity index (χ2v) is 4.29. The van der Waals surface area contributed by atoms with Crippen LogP contribution in [0.1, 0.15) is 16.9 Å². The molecule has 1 fully saturated rings. The first-order valence-corrected chi connectivity index (χ1v) is 5.76. The summed E-state index contributed by atoms with van der Waals surface area (Å²) in [6, 6.07) is 3.23. The zero-order chi connectivity index (χ0) is 13.1. The maximum atomic E-state index is 11.8. The lowest BCUT2D eigenvalue weighted by molar-refractivity contribution is -0.127. The lowest BCUT2D eigenvalue weighted by atomic mass is 10.2. The fourth-order valence-electron chi connectivity index (χ4n) is 1.94. The summed E-state index contributed by atoms with van der Waals surface area (Å²) in [5.74, 6) is -1.02. The van der Waals surface area contributed by atoms with Crippen molar-refractivity contribution in [3.63, 3.8) is 0 Å². The molecule has 1 aliphatic rings. The number of carboxylic acids is 1. The number of carbonyl (C=O) groups excluding carboxylic acids is 1. The molecular weight excluding hydrogens is 234 g/mol. The minimum absolute atomic E-state index is 0.00227. The Labute approximate surface area is 105 Å². The molecule has 1 aromatic heterocycles. The van der Waals surface area contributed by atoms with Crippen LogP contribution in [0.4, 0.5) is 5.69 Å². The normalized spacial score (nSPS) is 16.6. The minimum atomic E-state index is -1.06. The van der Waals surface area contributed by atoms with Gasteiger partial charge in [0.15, 0.2) is 0 Å². The first-order valence-electron chi connectivity index (χ1n) is 5.76. The topological polar surface area (TPSA) is 73.7 Å². The molecule has 6 heteroatoms. The predicted molar refractivity (Wildman–Crippen MR) is 65.7 cm³/mol. The van der Waals surface area contributed by atoms with E-state index >= 15 is 0 Å². The van der Waals surface area contributed by atoms with Crippen LogP contribution in [0.3, 0.4) is 0 Å². The molecule has 2 heterocycles. The standard InChI is InChI=1S/C12H15N3O3/c1-14-5-2-6-15(8-11(14)16)9-3-4-13-10(7-9)12(17)18/h3-4,7H,2,5-6,8H2,1H3,(H,17,18). The molecule has 18 heavy (non-hydrogen) atoms. The minimum Gasteiger partial charge on any atom is -0.477 e. The molecule has 0 aromatic carbocycles. The number of nitrogens with zero attached hydrogens (tertiary/aromatic N) is 3. The Morgan fingerprint density at radius 1 is 1.44 bits per heavy atom. The van der Waals surface area contributed by atoms with Crippen molar-refractivity contribution >= 4 is 17.6 Å². The van der Waals surface area contributed by atoms with E-state index in [2.05, 4.69) is 4.98 Å². The molecule has 0 unspecified atom stereocenters. The van der Waals surface area contributed by atoms with Gasteiger partial charge >= 0.3 is 5.97 Å². The maximum absolute atomic E-state index is 11.8. The summed E-state index contributed by atoms with van der Waals surface area (Å²) in [5.41, 5.74) is 0.726. The van der Waals surface area contributed by atoms with E-state index in [9.17, 15) is 9.59 Å². The summed E-state index contributed by atoms with van der Waals surface area (Å²) in [7, 11) is 1.78. The van der Waals surface area contributed by atoms with Gasteiger partial charge in [-0.2, -0.15) is 0 Å². The van der Waals surface area contributed by atoms with Crippen molar-refractivity contribution in [1.82, 2.24) is 9.88 Å². The highest BCUT2D eigenvalue weighted by Crippen LogP contribution is 2.17. The Morgan fingerprint density at radius 2 is 2.22 bits per heavy atom. The molecule has 1 aromatic rings. The van der Waals surface area contributed by atoms with E-state index < -0.39 is 5.97 Å². The summed E-state index contributed by atoms with van der Waals surface area (Å²) in [6.45, 7) is 1.74. The average molecular weight is 249 g/mol. The summed E-state index contributed by atoms with van der Waals surface area (Å²) in [4.78, 5) is 30.0. The van der Waals surface area contributed by atoms with Crippen molar-refractivity contribution in [2.24, 2.45) is 0 Å². The van der Waals surface area contributed by atoms with Gasteiger partial charge < -0.3 is 14.9 Å². The van der Waals surface area contributed by atoms with Crippen LogP contribution in [0.2, 0.25) is 0 Å². The van der Waals surface area contributed by atoms with Gasteiger partial charge in [-0.05, 0) is 18.6 Å². The molecule has 2 rings (SSSR count). The van der Waals surface area contributed by atoms with Gasteiger partial charge in [-0.1, -0.05) is 0 Å². The second kappa shape index (κ2) is 5.03. The monoisotopic (exact) mass is 249 g/mol. The van der Waals surface area contributed by atoms with E-state index in [1.807, 2.05) is 4.90 Å². The largest absolute Gasteiger partial charge is 0.477 e. The lowest BCUT2D eigenvalue weighted by Gasteiger charge is -2.21. The third kappa shape index (κ3) is 2.58. The van der Waals surface area contributed by atoms with Crippen LogP contribution in [-0.2, 0) is 4.79 Å². The number of pyridine rings is 1. The number of hydrogen-bond donors (Lipinski definition) is 1. The van der Waals surface area contributed by atoms with Gasteiger partial charge in [0.1, 0.15) is 5.69 Å². The number of carbonyl (C=O) groups is 2. The quantitative estimate of drug-likeness (QED) is 0.823. The van der Waals surface area contributed by atoms with Gasteiger partial charge in [0.2, 0.25) is 5.91 Å². The van der Waals surface area contributed by atoms with E-state index in [4.69, 9.17) is 5.11 Å². The SMILES string of the molecule is CN1CCCN(c2ccnc(C(=O)O)c2)CC1=O. The van der Waals surface area contributed by atoms with Gasteiger partial charge in [0.25, 0.3) is 0 Å². The van der Waals surface area contributed by atoms with Crippen LogP contribution in [0, 0.1) is 0 Å². The van der Waals surface area contributed by atoms with Crippen LogP contribution in [-0.4, -0.2) is 53.5 Å². The van der Waals surface area contributed by atoms with E-state index in [0.29, 0.717) is 0 Å². The van der Waals surface area contributed by atoms with Crippen molar-refractivity contribution in [3.05, 3.63) is 24.0 Å². The van der Waals surface area contributed by atoms with Crippen molar-refractivity contribution in [2.45, 2.75) is 6.42 Å². The molecule has 0 spiro atoms. The van der Waals surface area contributed by atoms with E-state index in [1.165, 1.54) is 12.3 Å². The van der Waals surface area contributed by atoms with Gasteiger partial charge in [-0.3, -0.25) is 4.79 Å². The van der Waals surface area contributed by atoms with Crippen molar-refractivity contribution in [1.29, 1.82) is 0 Å². The third-order valence-corrected chi connectivity index (χ3v) is 3.00. The summed E-state index contributed by atoms with van der Waals surface area (Å²) >= 11 is 0. The van der Waals surface area contributed by atoms with Crippen molar-refractivity contribution in [2.75, 3.05) is 31.6 Å². The highest BCUT2D eigenvalue weighted by Gasteiger charge is 2.19.